The summed E-state index contributed by atoms with van der Waals surface area (Å²) in [5, 5.41) is 3.35. The van der Waals surface area contributed by atoms with Gasteiger partial charge in [-0.2, -0.15) is 0 Å². The molecule has 2 atom stereocenters. The van der Waals surface area contributed by atoms with Crippen molar-refractivity contribution in [2.45, 2.75) is 46.2 Å². The first-order chi connectivity index (χ1) is 6.30. The van der Waals surface area contributed by atoms with Gasteiger partial charge in [0.2, 0.25) is 0 Å². The van der Waals surface area contributed by atoms with E-state index in [2.05, 4.69) is 26.1 Å². The maximum absolute atomic E-state index is 11.8. The average Bonchev–Trinajstić information content (AvgIpc) is 2.49. The first kappa shape index (κ1) is 11.5. The van der Waals surface area contributed by atoms with E-state index < -0.39 is 5.54 Å². The molecule has 82 valence electrons. The number of hydrogen-bond acceptors (Lipinski definition) is 3. The molecule has 0 aromatic rings. The van der Waals surface area contributed by atoms with Crippen molar-refractivity contribution >= 4 is 5.97 Å². The highest BCUT2D eigenvalue weighted by atomic mass is 16.5. The summed E-state index contributed by atoms with van der Waals surface area (Å²) in [6, 6.07) is 0.290. The van der Waals surface area contributed by atoms with E-state index in [-0.39, 0.29) is 11.4 Å². The fourth-order valence-corrected chi connectivity index (χ4v) is 2.45. The van der Waals surface area contributed by atoms with Gasteiger partial charge in [-0.05, 0) is 25.2 Å². The van der Waals surface area contributed by atoms with Crippen molar-refractivity contribution in [3.05, 3.63) is 0 Å². The lowest BCUT2D eigenvalue weighted by atomic mass is 10.0. The van der Waals surface area contributed by atoms with Crippen molar-refractivity contribution in [3.63, 3.8) is 0 Å². The highest BCUT2D eigenvalue weighted by Gasteiger charge is 2.74. The van der Waals surface area contributed by atoms with Gasteiger partial charge in [0.1, 0.15) is 5.54 Å². The van der Waals surface area contributed by atoms with Crippen LogP contribution >= 0.6 is 0 Å². The Bertz CT molecular complexity index is 248. The smallest absolute Gasteiger partial charge is 0.326 e. The maximum Gasteiger partial charge on any atom is 0.326 e. The first-order valence-electron chi connectivity index (χ1n) is 5.16. The normalized spacial score (nSPS) is 34.4. The Morgan fingerprint density at radius 2 is 1.86 bits per heavy atom. The fraction of sp³-hybridized carbons (Fsp3) is 0.909. The molecule has 0 amide bonds. The molecule has 0 bridgehead atoms. The molecule has 0 heterocycles. The summed E-state index contributed by atoms with van der Waals surface area (Å²) >= 11 is 0. The largest absolute Gasteiger partial charge is 0.468 e. The molecule has 0 aromatic carbocycles. The molecule has 3 heteroatoms. The third-order valence-electron chi connectivity index (χ3n) is 3.69. The van der Waals surface area contributed by atoms with Gasteiger partial charge in [-0.25, -0.2) is 0 Å². The third kappa shape index (κ3) is 1.26. The Balaban J connectivity index is 2.91. The molecular weight excluding hydrogens is 178 g/mol. The van der Waals surface area contributed by atoms with Crippen molar-refractivity contribution in [1.82, 2.24) is 5.32 Å². The minimum absolute atomic E-state index is 0.00956. The van der Waals surface area contributed by atoms with Gasteiger partial charge in [-0.1, -0.05) is 20.8 Å². The fourth-order valence-electron chi connectivity index (χ4n) is 2.45. The summed E-state index contributed by atoms with van der Waals surface area (Å²) in [5.74, 6) is 0.188. The molecule has 1 fully saturated rings. The van der Waals surface area contributed by atoms with Crippen molar-refractivity contribution in [3.8, 4) is 0 Å². The minimum Gasteiger partial charge on any atom is -0.468 e. The Labute approximate surface area is 86.2 Å². The van der Waals surface area contributed by atoms with Crippen LogP contribution in [0.3, 0.4) is 0 Å². The molecular formula is C11H21NO2. The number of nitrogens with one attached hydrogen (secondary N) is 1. The monoisotopic (exact) mass is 199 g/mol. The van der Waals surface area contributed by atoms with E-state index in [1.54, 1.807) is 0 Å². The van der Waals surface area contributed by atoms with Crippen LogP contribution in [0.15, 0.2) is 0 Å². The van der Waals surface area contributed by atoms with Crippen LogP contribution in [0, 0.1) is 11.3 Å². The zero-order valence-corrected chi connectivity index (χ0v) is 9.97. The predicted molar refractivity (Wildman–Crippen MR) is 56.0 cm³/mol. The Morgan fingerprint density at radius 1 is 1.43 bits per heavy atom. The second kappa shape index (κ2) is 3.23. The number of carbonyl (C=O) groups excluding carboxylic acids is 1. The number of rotatable bonds is 3. The van der Waals surface area contributed by atoms with Crippen LogP contribution in [-0.2, 0) is 9.53 Å². The highest BCUT2D eigenvalue weighted by Crippen LogP contribution is 2.62. The summed E-state index contributed by atoms with van der Waals surface area (Å²) in [6.07, 6.45) is 0. The van der Waals surface area contributed by atoms with Gasteiger partial charge >= 0.3 is 5.97 Å². The zero-order chi connectivity index (χ0) is 11.1. The molecule has 1 saturated carbocycles. The van der Waals surface area contributed by atoms with Crippen molar-refractivity contribution in [1.29, 1.82) is 0 Å². The molecule has 2 unspecified atom stereocenters. The lowest BCUT2D eigenvalue weighted by molar-refractivity contribution is -0.146. The second-order valence-corrected chi connectivity index (χ2v) is 5.04. The number of ether oxygens (including phenoxy) is 1. The molecule has 1 aliphatic rings. The van der Waals surface area contributed by atoms with Crippen LogP contribution in [0.25, 0.3) is 0 Å². The molecule has 0 radical (unpaired) electrons. The molecule has 0 aromatic heterocycles. The van der Waals surface area contributed by atoms with Gasteiger partial charge < -0.3 is 4.74 Å². The summed E-state index contributed by atoms with van der Waals surface area (Å²) in [7, 11) is 1.45. The van der Waals surface area contributed by atoms with Gasteiger partial charge in [0, 0.05) is 6.04 Å². The van der Waals surface area contributed by atoms with Crippen LogP contribution in [0.2, 0.25) is 0 Å². The molecule has 1 rings (SSSR count). The summed E-state index contributed by atoms with van der Waals surface area (Å²) < 4.78 is 4.88. The van der Waals surface area contributed by atoms with Gasteiger partial charge in [0.15, 0.2) is 0 Å². The van der Waals surface area contributed by atoms with Crippen LogP contribution in [0.4, 0.5) is 0 Å². The third-order valence-corrected chi connectivity index (χ3v) is 3.69. The lowest BCUT2D eigenvalue weighted by Crippen LogP contribution is -2.48. The van der Waals surface area contributed by atoms with Crippen LogP contribution < -0.4 is 5.32 Å². The van der Waals surface area contributed by atoms with E-state index in [0.29, 0.717) is 12.0 Å². The predicted octanol–water partition coefficient (Wildman–Crippen LogP) is 1.57. The highest BCUT2D eigenvalue weighted by molar-refractivity contribution is 5.87. The van der Waals surface area contributed by atoms with Crippen molar-refractivity contribution in [2.24, 2.45) is 11.3 Å². The van der Waals surface area contributed by atoms with Crippen LogP contribution in [-0.4, -0.2) is 24.7 Å². The molecule has 0 aliphatic heterocycles. The summed E-state index contributed by atoms with van der Waals surface area (Å²) in [6.45, 7) is 10.4. The molecule has 3 nitrogen and oxygen atoms in total. The summed E-state index contributed by atoms with van der Waals surface area (Å²) in [5.41, 5.74) is -0.486. The molecule has 1 aliphatic carbocycles. The first-order valence-corrected chi connectivity index (χ1v) is 5.16. The SMILES string of the molecule is COC(=O)C1(NC(C)C)C(C)C1(C)C. The van der Waals surface area contributed by atoms with E-state index in [9.17, 15) is 4.79 Å². The van der Waals surface area contributed by atoms with Gasteiger partial charge in [0.05, 0.1) is 7.11 Å². The van der Waals surface area contributed by atoms with Gasteiger partial charge in [-0.3, -0.25) is 10.1 Å². The average molecular weight is 199 g/mol. The van der Waals surface area contributed by atoms with E-state index in [1.807, 2.05) is 13.8 Å². The van der Waals surface area contributed by atoms with E-state index in [1.165, 1.54) is 7.11 Å². The number of carbonyl (C=O) groups is 1. The minimum atomic E-state index is -0.476. The number of methoxy groups -OCH3 is 1. The summed E-state index contributed by atoms with van der Waals surface area (Å²) in [4.78, 5) is 11.8. The topological polar surface area (TPSA) is 38.3 Å². The Morgan fingerprint density at radius 3 is 2.07 bits per heavy atom. The van der Waals surface area contributed by atoms with E-state index in [0.717, 1.165) is 0 Å². The van der Waals surface area contributed by atoms with Gasteiger partial charge in [-0.15, -0.1) is 0 Å². The molecule has 0 saturated heterocycles. The Hall–Kier alpha value is -0.570. The van der Waals surface area contributed by atoms with Crippen molar-refractivity contribution < 1.29 is 9.53 Å². The Kier molecular flexibility index (Phi) is 2.65. The zero-order valence-electron chi connectivity index (χ0n) is 9.97. The van der Waals surface area contributed by atoms with Crippen molar-refractivity contribution in [2.75, 3.05) is 7.11 Å². The maximum atomic E-state index is 11.8. The van der Waals surface area contributed by atoms with Crippen LogP contribution in [0.1, 0.15) is 34.6 Å². The van der Waals surface area contributed by atoms with Crippen LogP contribution in [0.5, 0.6) is 0 Å². The number of hydrogen-bond donors (Lipinski definition) is 1. The standard InChI is InChI=1S/C11H21NO2/c1-7(2)12-11(9(13)14-6)8(3)10(11,4)5/h7-8,12H,1-6H3. The quantitative estimate of drug-likeness (QED) is 0.701. The molecule has 1 N–H and O–H groups in total. The lowest BCUT2D eigenvalue weighted by Gasteiger charge is -2.22. The molecule has 14 heavy (non-hydrogen) atoms. The molecule has 0 spiro atoms. The van der Waals surface area contributed by atoms with Gasteiger partial charge in [0.25, 0.3) is 0 Å². The number of esters is 1. The van der Waals surface area contributed by atoms with E-state index in [4.69, 9.17) is 4.74 Å². The second-order valence-electron chi connectivity index (χ2n) is 5.04. The van der Waals surface area contributed by atoms with E-state index >= 15 is 0 Å².